The van der Waals surface area contributed by atoms with E-state index in [1.54, 1.807) is 19.9 Å². The van der Waals surface area contributed by atoms with Gasteiger partial charge in [-0.05, 0) is 44.7 Å². The molecule has 9 nitrogen and oxygen atoms in total. The lowest BCUT2D eigenvalue weighted by Crippen LogP contribution is -2.36. The Balaban J connectivity index is 2.08. The van der Waals surface area contributed by atoms with Gasteiger partial charge >= 0.3 is 11.9 Å². The first-order chi connectivity index (χ1) is 16.9. The second-order valence-corrected chi connectivity index (χ2v) is 8.78. The number of ether oxygens (including phenoxy) is 2. The molecule has 1 aliphatic heterocycles. The van der Waals surface area contributed by atoms with Crippen molar-refractivity contribution in [1.82, 2.24) is 19.6 Å². The number of halogens is 2. The van der Waals surface area contributed by atoms with Gasteiger partial charge < -0.3 is 14.4 Å². The Bertz CT molecular complexity index is 1200. The van der Waals surface area contributed by atoms with Crippen LogP contribution in [0.5, 0.6) is 0 Å². The molecule has 2 aromatic heterocycles. The fourth-order valence-electron chi connectivity index (χ4n) is 4.31. The minimum absolute atomic E-state index is 0.0151. The van der Waals surface area contributed by atoms with E-state index in [1.807, 2.05) is 4.90 Å². The predicted molar refractivity (Wildman–Crippen MR) is 128 cm³/mol. The number of rotatable bonds is 7. The number of carbonyl (C=O) groups excluding carboxylic acids is 2. The Hall–Kier alpha value is -3.27. The fourth-order valence-corrected chi connectivity index (χ4v) is 4.57. The van der Waals surface area contributed by atoms with Crippen LogP contribution >= 0.6 is 11.6 Å². The molecule has 0 unspecified atom stereocenters. The van der Waals surface area contributed by atoms with Crippen LogP contribution in [0.4, 0.5) is 10.2 Å². The minimum atomic E-state index is -1.57. The van der Waals surface area contributed by atoms with Crippen LogP contribution in [-0.2, 0) is 19.1 Å². The average molecular weight is 504 g/mol. The summed E-state index contributed by atoms with van der Waals surface area (Å²) in [5.74, 6) is -2.76. The normalized spacial score (nSPS) is 14.5. The predicted octanol–water partition coefficient (Wildman–Crippen LogP) is 4.03. The largest absolute Gasteiger partial charge is 0.465 e. The summed E-state index contributed by atoms with van der Waals surface area (Å²) >= 11 is 6.52. The summed E-state index contributed by atoms with van der Waals surface area (Å²) in [4.78, 5) is 36.9. The summed E-state index contributed by atoms with van der Waals surface area (Å²) in [6.45, 7) is 6.81. The van der Waals surface area contributed by atoms with Crippen LogP contribution in [0.2, 0.25) is 5.02 Å². The van der Waals surface area contributed by atoms with Crippen LogP contribution in [0, 0.1) is 11.7 Å². The lowest BCUT2D eigenvalue weighted by atomic mass is 9.93. The lowest BCUT2D eigenvalue weighted by molar-refractivity contribution is -0.157. The first-order valence-electron chi connectivity index (χ1n) is 11.6. The molecule has 0 amide bonds. The van der Waals surface area contributed by atoms with Crippen molar-refractivity contribution in [1.29, 1.82) is 0 Å². The summed E-state index contributed by atoms with van der Waals surface area (Å²) in [7, 11) is 0. The van der Waals surface area contributed by atoms with E-state index in [4.69, 9.17) is 21.1 Å². The van der Waals surface area contributed by atoms with E-state index in [-0.39, 0.29) is 40.8 Å². The van der Waals surface area contributed by atoms with E-state index < -0.39 is 23.7 Å². The zero-order valence-electron chi connectivity index (χ0n) is 19.8. The van der Waals surface area contributed by atoms with E-state index >= 15 is 4.39 Å². The Kier molecular flexibility index (Phi) is 7.49. The third-order valence-electron chi connectivity index (χ3n) is 6.04. The number of nitrogens with zero attached hydrogens (tertiary/aromatic N) is 5. The molecular weight excluding hydrogens is 477 g/mol. The van der Waals surface area contributed by atoms with Gasteiger partial charge in [0.25, 0.3) is 5.78 Å². The van der Waals surface area contributed by atoms with Crippen LogP contribution in [0.15, 0.2) is 24.5 Å². The number of esters is 2. The highest BCUT2D eigenvalue weighted by atomic mass is 35.5. The van der Waals surface area contributed by atoms with Gasteiger partial charge in [-0.3, -0.25) is 9.59 Å². The summed E-state index contributed by atoms with van der Waals surface area (Å²) in [5.41, 5.74) is 0.163. The molecule has 0 atom stereocenters. The summed E-state index contributed by atoms with van der Waals surface area (Å²) in [6, 6.07) is 4.29. The molecule has 1 aromatic carbocycles. The van der Waals surface area contributed by atoms with Gasteiger partial charge in [-0.2, -0.15) is 14.6 Å². The van der Waals surface area contributed by atoms with Crippen LogP contribution < -0.4 is 4.90 Å². The number of hydrogen-bond acceptors (Lipinski definition) is 8. The van der Waals surface area contributed by atoms with Gasteiger partial charge in [0.05, 0.1) is 29.5 Å². The monoisotopic (exact) mass is 503 g/mol. The highest BCUT2D eigenvalue weighted by Gasteiger charge is 2.39. The quantitative estimate of drug-likeness (QED) is 0.352. The SMILES string of the molecule is CCOC(=O)C(C(=O)OCC)c1nc2ncnn2c(N2CCC(C)CC2)c1-c1c(F)cccc1Cl. The topological polar surface area (TPSA) is 98.9 Å². The minimum Gasteiger partial charge on any atom is -0.465 e. The van der Waals surface area contributed by atoms with Gasteiger partial charge in [-0.25, -0.2) is 9.37 Å². The molecule has 186 valence electrons. The Morgan fingerprint density at radius 1 is 1.14 bits per heavy atom. The Labute approximate surface area is 207 Å². The molecule has 0 saturated carbocycles. The molecule has 4 rings (SSSR count). The van der Waals surface area contributed by atoms with Crippen molar-refractivity contribution in [3.63, 3.8) is 0 Å². The smallest absolute Gasteiger partial charge is 0.326 e. The van der Waals surface area contributed by atoms with Gasteiger partial charge in [-0.15, -0.1) is 0 Å². The van der Waals surface area contributed by atoms with Crippen LogP contribution in [0.3, 0.4) is 0 Å². The Morgan fingerprint density at radius 2 is 1.80 bits per heavy atom. The standard InChI is InChI=1S/C24H27ClFN5O4/c1-4-34-22(32)19(23(33)35-5-2)20-18(17-15(25)7-6-8-16(17)26)21(30-11-9-14(3)10-12-30)31-24(29-20)27-13-28-31/h6-8,13-14,19H,4-5,9-12H2,1-3H3. The zero-order chi connectivity index (χ0) is 25.1. The number of benzene rings is 1. The van der Waals surface area contributed by atoms with Crippen LogP contribution in [0.25, 0.3) is 16.9 Å². The van der Waals surface area contributed by atoms with Crippen molar-refractivity contribution in [3.05, 3.63) is 41.1 Å². The number of carbonyl (C=O) groups is 2. The van der Waals surface area contributed by atoms with Crippen LogP contribution in [0.1, 0.15) is 45.2 Å². The first kappa shape index (κ1) is 24.8. The molecule has 3 aromatic rings. The van der Waals surface area contributed by atoms with Gasteiger partial charge in [-0.1, -0.05) is 24.6 Å². The third kappa shape index (κ3) is 4.80. The van der Waals surface area contributed by atoms with Crippen molar-refractivity contribution in [3.8, 4) is 11.1 Å². The van der Waals surface area contributed by atoms with Crippen LogP contribution in [-0.4, -0.2) is 57.8 Å². The molecule has 0 N–H and O–H groups in total. The van der Waals surface area contributed by atoms with Crippen molar-refractivity contribution in [2.75, 3.05) is 31.2 Å². The highest BCUT2D eigenvalue weighted by Crippen LogP contribution is 2.43. The van der Waals surface area contributed by atoms with E-state index in [0.717, 1.165) is 12.8 Å². The van der Waals surface area contributed by atoms with E-state index in [1.165, 1.54) is 23.0 Å². The van der Waals surface area contributed by atoms with E-state index in [2.05, 4.69) is 22.0 Å². The number of piperidine rings is 1. The molecule has 1 aliphatic rings. The maximum Gasteiger partial charge on any atom is 0.326 e. The number of hydrogen-bond donors (Lipinski definition) is 0. The summed E-state index contributed by atoms with van der Waals surface area (Å²) in [6.07, 6.45) is 3.12. The first-order valence-corrected chi connectivity index (χ1v) is 12.0. The third-order valence-corrected chi connectivity index (χ3v) is 6.36. The molecule has 0 radical (unpaired) electrons. The molecule has 0 bridgehead atoms. The molecule has 0 aliphatic carbocycles. The number of fused-ring (bicyclic) bond motifs is 1. The van der Waals surface area contributed by atoms with Gasteiger partial charge in [0.1, 0.15) is 18.0 Å². The zero-order valence-corrected chi connectivity index (χ0v) is 20.6. The number of aromatic nitrogens is 4. The summed E-state index contributed by atoms with van der Waals surface area (Å²) in [5, 5.41) is 4.43. The van der Waals surface area contributed by atoms with Gasteiger partial charge in [0.15, 0.2) is 5.92 Å². The van der Waals surface area contributed by atoms with Crippen molar-refractivity contribution in [2.45, 2.75) is 39.5 Å². The fraction of sp³-hybridized carbons (Fsp3) is 0.458. The van der Waals surface area contributed by atoms with E-state index in [9.17, 15) is 9.59 Å². The molecule has 3 heterocycles. The average Bonchev–Trinajstić information content (AvgIpc) is 3.28. The van der Waals surface area contributed by atoms with Crippen molar-refractivity contribution in [2.24, 2.45) is 5.92 Å². The Morgan fingerprint density at radius 3 is 2.40 bits per heavy atom. The molecule has 1 fully saturated rings. The molecule has 1 saturated heterocycles. The van der Waals surface area contributed by atoms with Gasteiger partial charge in [0.2, 0.25) is 0 Å². The molecule has 35 heavy (non-hydrogen) atoms. The number of anilines is 1. The second kappa shape index (κ2) is 10.6. The lowest BCUT2D eigenvalue weighted by Gasteiger charge is -2.34. The van der Waals surface area contributed by atoms with Crippen molar-refractivity contribution >= 4 is 35.1 Å². The second-order valence-electron chi connectivity index (χ2n) is 8.37. The van der Waals surface area contributed by atoms with Gasteiger partial charge in [0, 0.05) is 18.7 Å². The van der Waals surface area contributed by atoms with E-state index in [0.29, 0.717) is 24.8 Å². The molecule has 11 heteroatoms. The highest BCUT2D eigenvalue weighted by molar-refractivity contribution is 6.33. The maximum atomic E-state index is 15.4. The maximum absolute atomic E-state index is 15.4. The molecule has 0 spiro atoms. The molecular formula is C24H27ClFN5O4. The van der Waals surface area contributed by atoms with Crippen molar-refractivity contribution < 1.29 is 23.5 Å². The summed E-state index contributed by atoms with van der Waals surface area (Å²) < 4.78 is 27.3.